The molecule has 0 aliphatic rings. The molecule has 0 radical (unpaired) electrons. The Morgan fingerprint density at radius 2 is 1.65 bits per heavy atom. The van der Waals surface area contributed by atoms with Crippen molar-refractivity contribution in [1.29, 1.82) is 0 Å². The summed E-state index contributed by atoms with van der Waals surface area (Å²) < 4.78 is 43.5. The Labute approximate surface area is 145 Å². The van der Waals surface area contributed by atoms with Gasteiger partial charge in [-0.25, -0.2) is 4.98 Å². The zero-order valence-electron chi connectivity index (χ0n) is 13.2. The van der Waals surface area contributed by atoms with Gasteiger partial charge < -0.3 is 10.3 Å². The van der Waals surface area contributed by atoms with Crippen molar-refractivity contribution >= 4 is 16.7 Å². The zero-order chi connectivity index (χ0) is 18.3. The van der Waals surface area contributed by atoms with E-state index in [1.165, 1.54) is 18.3 Å². The standard InChI is InChI=1S/C18H11F3N4O/c19-18(20,21)12-4-1-10(2-5-12)17-13-7-11(3-6-14(13)25-26-17)15-8-23-9-16(22)24-15/h1-9H,(H2,22,24). The number of halogens is 3. The highest BCUT2D eigenvalue weighted by Crippen LogP contribution is 2.34. The third kappa shape index (κ3) is 2.85. The Balaban J connectivity index is 1.80. The van der Waals surface area contributed by atoms with Crippen LogP contribution in [-0.2, 0) is 6.18 Å². The van der Waals surface area contributed by atoms with Gasteiger partial charge in [0.05, 0.1) is 29.0 Å². The maximum absolute atomic E-state index is 12.7. The van der Waals surface area contributed by atoms with Gasteiger partial charge in [-0.15, -0.1) is 0 Å². The molecule has 0 aliphatic heterocycles. The van der Waals surface area contributed by atoms with Crippen molar-refractivity contribution in [3.8, 4) is 22.6 Å². The fourth-order valence-corrected chi connectivity index (χ4v) is 2.64. The van der Waals surface area contributed by atoms with Crippen LogP contribution in [0.1, 0.15) is 5.56 Å². The van der Waals surface area contributed by atoms with E-state index in [1.807, 2.05) is 0 Å². The van der Waals surface area contributed by atoms with Crippen LogP contribution in [0.15, 0.2) is 59.4 Å². The van der Waals surface area contributed by atoms with E-state index in [4.69, 9.17) is 10.3 Å². The summed E-state index contributed by atoms with van der Waals surface area (Å²) in [7, 11) is 0. The van der Waals surface area contributed by atoms with E-state index in [-0.39, 0.29) is 5.82 Å². The van der Waals surface area contributed by atoms with Crippen LogP contribution in [0, 0.1) is 0 Å². The van der Waals surface area contributed by atoms with Crippen molar-refractivity contribution in [3.63, 3.8) is 0 Å². The van der Waals surface area contributed by atoms with Crippen molar-refractivity contribution in [2.24, 2.45) is 0 Å². The summed E-state index contributed by atoms with van der Waals surface area (Å²) in [5, 5.41) is 4.62. The molecule has 4 aromatic rings. The Morgan fingerprint density at radius 3 is 2.35 bits per heavy atom. The Bertz CT molecular complexity index is 1090. The van der Waals surface area contributed by atoms with Gasteiger partial charge in [0.1, 0.15) is 11.3 Å². The van der Waals surface area contributed by atoms with E-state index in [0.29, 0.717) is 27.9 Å². The summed E-state index contributed by atoms with van der Waals surface area (Å²) in [5.74, 6) is 0.670. The lowest BCUT2D eigenvalue weighted by Crippen LogP contribution is -2.03. The van der Waals surface area contributed by atoms with Crippen molar-refractivity contribution in [1.82, 2.24) is 15.1 Å². The van der Waals surface area contributed by atoms with Gasteiger partial charge in [-0.3, -0.25) is 4.98 Å². The maximum atomic E-state index is 12.7. The average molecular weight is 356 g/mol. The number of fused-ring (bicyclic) bond motifs is 1. The summed E-state index contributed by atoms with van der Waals surface area (Å²) >= 11 is 0. The van der Waals surface area contributed by atoms with E-state index < -0.39 is 11.7 Å². The number of hydrogen-bond donors (Lipinski definition) is 1. The molecule has 0 saturated carbocycles. The predicted molar refractivity (Wildman–Crippen MR) is 89.9 cm³/mol. The molecule has 5 nitrogen and oxygen atoms in total. The van der Waals surface area contributed by atoms with Crippen LogP contribution in [0.4, 0.5) is 19.0 Å². The van der Waals surface area contributed by atoms with Crippen LogP contribution >= 0.6 is 0 Å². The first-order valence-corrected chi connectivity index (χ1v) is 7.57. The average Bonchev–Trinajstić information content (AvgIpc) is 3.04. The Kier molecular flexibility index (Phi) is 3.61. The van der Waals surface area contributed by atoms with Crippen molar-refractivity contribution in [2.75, 3.05) is 5.73 Å². The Hall–Kier alpha value is -3.42. The molecule has 0 spiro atoms. The van der Waals surface area contributed by atoms with E-state index >= 15 is 0 Å². The van der Waals surface area contributed by atoms with Gasteiger partial charge in [-0.2, -0.15) is 13.2 Å². The molecule has 130 valence electrons. The molecule has 0 unspecified atom stereocenters. The lowest BCUT2D eigenvalue weighted by Gasteiger charge is -2.06. The third-order valence-corrected chi connectivity index (χ3v) is 3.90. The van der Waals surface area contributed by atoms with E-state index in [2.05, 4.69) is 15.1 Å². The molecule has 2 aromatic carbocycles. The number of benzene rings is 2. The van der Waals surface area contributed by atoms with Crippen LogP contribution in [0.25, 0.3) is 33.5 Å². The van der Waals surface area contributed by atoms with Gasteiger partial charge in [0.15, 0.2) is 5.76 Å². The molecular formula is C18H11F3N4O. The van der Waals surface area contributed by atoms with E-state index in [0.717, 1.165) is 17.7 Å². The summed E-state index contributed by atoms with van der Waals surface area (Å²) in [5.41, 5.74) is 7.34. The van der Waals surface area contributed by atoms with Crippen LogP contribution in [-0.4, -0.2) is 15.1 Å². The number of nitrogens with zero attached hydrogens (tertiary/aromatic N) is 3. The number of anilines is 1. The number of nitrogen functional groups attached to an aromatic ring is 1. The van der Waals surface area contributed by atoms with Gasteiger partial charge in [0.2, 0.25) is 0 Å². The highest BCUT2D eigenvalue weighted by Gasteiger charge is 2.30. The number of rotatable bonds is 2. The monoisotopic (exact) mass is 356 g/mol. The van der Waals surface area contributed by atoms with Crippen molar-refractivity contribution in [3.05, 3.63) is 60.4 Å². The molecule has 0 fully saturated rings. The lowest BCUT2D eigenvalue weighted by molar-refractivity contribution is -0.137. The molecule has 0 aliphatic carbocycles. The molecular weight excluding hydrogens is 345 g/mol. The summed E-state index contributed by atoms with van der Waals surface area (Å²) in [6.07, 6.45) is -1.38. The number of hydrogen-bond acceptors (Lipinski definition) is 5. The van der Waals surface area contributed by atoms with Crippen LogP contribution in [0.2, 0.25) is 0 Å². The smallest absolute Gasteiger partial charge is 0.382 e. The molecule has 0 saturated heterocycles. The first kappa shape index (κ1) is 16.1. The quantitative estimate of drug-likeness (QED) is 0.570. The number of aromatic nitrogens is 3. The maximum Gasteiger partial charge on any atom is 0.416 e. The highest BCUT2D eigenvalue weighted by molar-refractivity contribution is 5.94. The first-order valence-electron chi connectivity index (χ1n) is 7.57. The van der Waals surface area contributed by atoms with E-state index in [9.17, 15) is 13.2 Å². The van der Waals surface area contributed by atoms with Gasteiger partial charge in [-0.05, 0) is 24.3 Å². The number of alkyl halides is 3. The molecule has 4 rings (SSSR count). The molecule has 0 amide bonds. The first-order chi connectivity index (χ1) is 12.4. The summed E-state index contributed by atoms with van der Waals surface area (Å²) in [6, 6.07) is 10.1. The molecule has 2 N–H and O–H groups in total. The molecule has 8 heteroatoms. The minimum absolute atomic E-state index is 0.288. The minimum Gasteiger partial charge on any atom is -0.382 e. The second-order valence-corrected chi connectivity index (χ2v) is 5.65. The summed E-state index contributed by atoms with van der Waals surface area (Å²) in [4.78, 5) is 8.22. The second-order valence-electron chi connectivity index (χ2n) is 5.65. The molecule has 0 atom stereocenters. The normalized spacial score (nSPS) is 11.8. The van der Waals surface area contributed by atoms with Crippen molar-refractivity contribution in [2.45, 2.75) is 6.18 Å². The highest BCUT2D eigenvalue weighted by atomic mass is 19.4. The van der Waals surface area contributed by atoms with Crippen molar-refractivity contribution < 1.29 is 17.7 Å². The molecule has 2 aromatic heterocycles. The van der Waals surface area contributed by atoms with Gasteiger partial charge in [0.25, 0.3) is 0 Å². The van der Waals surface area contributed by atoms with Crippen LogP contribution in [0.5, 0.6) is 0 Å². The van der Waals surface area contributed by atoms with Crippen LogP contribution < -0.4 is 5.73 Å². The SMILES string of the molecule is Nc1cncc(-c2ccc3noc(-c4ccc(C(F)(F)F)cc4)c3c2)n1. The molecule has 0 bridgehead atoms. The Morgan fingerprint density at radius 1 is 0.923 bits per heavy atom. The van der Waals surface area contributed by atoms with E-state index in [1.54, 1.807) is 24.4 Å². The lowest BCUT2D eigenvalue weighted by atomic mass is 10.0. The second kappa shape index (κ2) is 5.83. The largest absolute Gasteiger partial charge is 0.416 e. The third-order valence-electron chi connectivity index (χ3n) is 3.90. The van der Waals surface area contributed by atoms with Gasteiger partial charge in [-0.1, -0.05) is 23.4 Å². The molecule has 2 heterocycles. The predicted octanol–water partition coefficient (Wildman–Crippen LogP) is 4.55. The molecule has 26 heavy (non-hydrogen) atoms. The zero-order valence-corrected chi connectivity index (χ0v) is 13.2. The minimum atomic E-state index is -4.39. The fraction of sp³-hybridized carbons (Fsp3) is 0.0556. The van der Waals surface area contributed by atoms with Gasteiger partial charge in [0, 0.05) is 11.1 Å². The fourth-order valence-electron chi connectivity index (χ4n) is 2.64. The van der Waals surface area contributed by atoms with Crippen LogP contribution in [0.3, 0.4) is 0 Å². The topological polar surface area (TPSA) is 77.8 Å². The van der Waals surface area contributed by atoms with Gasteiger partial charge >= 0.3 is 6.18 Å². The number of nitrogens with two attached hydrogens (primary N) is 1. The summed E-state index contributed by atoms with van der Waals surface area (Å²) in [6.45, 7) is 0.